The number of benzene rings is 1. The van der Waals surface area contributed by atoms with Crippen LogP contribution in [0.25, 0.3) is 0 Å². The predicted molar refractivity (Wildman–Crippen MR) is 80.6 cm³/mol. The molecule has 0 spiro atoms. The van der Waals surface area contributed by atoms with E-state index in [1.54, 1.807) is 45.0 Å². The summed E-state index contributed by atoms with van der Waals surface area (Å²) >= 11 is 0. The molecule has 0 aliphatic heterocycles. The first kappa shape index (κ1) is 17.7. The molecule has 0 aliphatic carbocycles. The van der Waals surface area contributed by atoms with Crippen LogP contribution in [0.3, 0.4) is 0 Å². The molecule has 1 aromatic rings. The van der Waals surface area contributed by atoms with Crippen molar-refractivity contribution in [1.82, 2.24) is 5.32 Å². The molecule has 0 radical (unpaired) electrons. The summed E-state index contributed by atoms with van der Waals surface area (Å²) in [7, 11) is 0. The lowest BCUT2D eigenvalue weighted by molar-refractivity contribution is -0.141. The lowest BCUT2D eigenvalue weighted by Crippen LogP contribution is -2.41. The summed E-state index contributed by atoms with van der Waals surface area (Å²) < 4.78 is 5.25. The molecular weight excluding hydrogens is 286 g/mol. The van der Waals surface area contributed by atoms with E-state index in [1.807, 2.05) is 0 Å². The largest absolute Gasteiger partial charge is 0.480 e. The zero-order chi connectivity index (χ0) is 16.9. The first-order valence-corrected chi connectivity index (χ1v) is 6.90. The highest BCUT2D eigenvalue weighted by molar-refractivity contribution is 5.89. The van der Waals surface area contributed by atoms with Crippen molar-refractivity contribution in [1.29, 1.82) is 0 Å². The quantitative estimate of drug-likeness (QED) is 0.809. The highest BCUT2D eigenvalue weighted by atomic mass is 16.6. The molecule has 6 heteroatoms. The van der Waals surface area contributed by atoms with Gasteiger partial charge in [-0.25, -0.2) is 9.59 Å². The van der Waals surface area contributed by atoms with Crippen LogP contribution in [0.5, 0.6) is 0 Å². The summed E-state index contributed by atoms with van der Waals surface area (Å²) in [5, 5.41) is 11.4. The van der Waals surface area contributed by atoms with Gasteiger partial charge in [-0.05, 0) is 38.5 Å². The third-order valence-corrected chi connectivity index (χ3v) is 2.70. The maximum absolute atomic E-state index is 11.9. The van der Waals surface area contributed by atoms with E-state index in [0.717, 1.165) is 0 Å². The number of ether oxygens (including phenoxy) is 1. The normalized spacial score (nSPS) is 12.4. The van der Waals surface area contributed by atoms with Crippen molar-refractivity contribution < 1.29 is 24.2 Å². The van der Waals surface area contributed by atoms with Gasteiger partial charge in [0.1, 0.15) is 11.6 Å². The van der Waals surface area contributed by atoms with Gasteiger partial charge in [-0.15, -0.1) is 0 Å². The molecule has 22 heavy (non-hydrogen) atoms. The van der Waals surface area contributed by atoms with E-state index in [2.05, 4.69) is 5.32 Å². The van der Waals surface area contributed by atoms with Gasteiger partial charge in [0.25, 0.3) is 0 Å². The molecule has 1 unspecified atom stereocenters. The van der Waals surface area contributed by atoms with Crippen molar-refractivity contribution in [2.45, 2.75) is 45.8 Å². The van der Waals surface area contributed by atoms with Crippen LogP contribution in [0.2, 0.25) is 0 Å². The molecule has 0 bridgehead atoms. The number of hydrogen-bond donors (Lipinski definition) is 2. The smallest absolute Gasteiger partial charge is 0.338 e. The topological polar surface area (TPSA) is 92.7 Å². The van der Waals surface area contributed by atoms with Crippen molar-refractivity contribution in [3.63, 3.8) is 0 Å². The van der Waals surface area contributed by atoms with Crippen molar-refractivity contribution in [3.05, 3.63) is 35.4 Å². The molecule has 1 rings (SSSR count). The number of amides is 1. The Kier molecular flexibility index (Phi) is 5.68. The molecular formula is C16H21NO5. The molecule has 0 aliphatic rings. The molecule has 1 atom stereocenters. The standard InChI is InChI=1S/C16H21NO5/c1-10(18)17-13(14(19)20)9-11-5-7-12(8-6-11)15(21)22-16(2,3)4/h5-8,13H,9H2,1-4H3,(H,17,18)(H,19,20). The summed E-state index contributed by atoms with van der Waals surface area (Å²) in [5.41, 5.74) is 0.522. The fraction of sp³-hybridized carbons (Fsp3) is 0.438. The van der Waals surface area contributed by atoms with Crippen molar-refractivity contribution in [3.8, 4) is 0 Å². The van der Waals surface area contributed by atoms with Crippen molar-refractivity contribution in [2.24, 2.45) is 0 Å². The Labute approximate surface area is 129 Å². The zero-order valence-corrected chi connectivity index (χ0v) is 13.2. The second-order valence-electron chi connectivity index (χ2n) is 5.99. The molecule has 0 fully saturated rings. The Hall–Kier alpha value is -2.37. The Morgan fingerprint density at radius 1 is 1.18 bits per heavy atom. The van der Waals surface area contributed by atoms with Crippen molar-refractivity contribution in [2.75, 3.05) is 0 Å². The van der Waals surface area contributed by atoms with Crippen LogP contribution in [-0.2, 0) is 20.7 Å². The molecule has 2 N–H and O–H groups in total. The van der Waals surface area contributed by atoms with E-state index in [4.69, 9.17) is 9.84 Å². The van der Waals surface area contributed by atoms with Crippen LogP contribution in [0.15, 0.2) is 24.3 Å². The number of carbonyl (C=O) groups excluding carboxylic acids is 2. The molecule has 120 valence electrons. The molecule has 6 nitrogen and oxygen atoms in total. The van der Waals surface area contributed by atoms with Gasteiger partial charge < -0.3 is 15.2 Å². The average Bonchev–Trinajstić information content (AvgIpc) is 2.36. The summed E-state index contributed by atoms with van der Waals surface area (Å²) in [6.07, 6.45) is 0.142. The van der Waals surface area contributed by atoms with Gasteiger partial charge in [0.2, 0.25) is 5.91 Å². The van der Waals surface area contributed by atoms with E-state index >= 15 is 0 Å². The number of carboxylic acid groups (broad SMARTS) is 1. The summed E-state index contributed by atoms with van der Waals surface area (Å²) in [5.74, 6) is -1.94. The third kappa shape index (κ3) is 5.95. The Balaban J connectivity index is 2.77. The van der Waals surface area contributed by atoms with E-state index in [-0.39, 0.29) is 6.42 Å². The molecule has 1 amide bonds. The minimum atomic E-state index is -1.11. The third-order valence-electron chi connectivity index (χ3n) is 2.70. The summed E-state index contributed by atoms with van der Waals surface area (Å²) in [6, 6.07) is 5.46. The molecule has 0 saturated carbocycles. The Morgan fingerprint density at radius 2 is 1.73 bits per heavy atom. The summed E-state index contributed by atoms with van der Waals surface area (Å²) in [6.45, 7) is 6.61. The molecule has 0 saturated heterocycles. The Bertz CT molecular complexity index is 557. The minimum Gasteiger partial charge on any atom is -0.480 e. The molecule has 1 aromatic carbocycles. The number of carbonyl (C=O) groups is 3. The first-order chi connectivity index (χ1) is 10.1. The number of rotatable bonds is 5. The van der Waals surface area contributed by atoms with Crippen LogP contribution < -0.4 is 5.32 Å². The van der Waals surface area contributed by atoms with Crippen LogP contribution in [0.1, 0.15) is 43.6 Å². The van der Waals surface area contributed by atoms with Gasteiger partial charge in [0.05, 0.1) is 5.56 Å². The second kappa shape index (κ2) is 7.06. The number of aliphatic carboxylic acids is 1. The van der Waals surface area contributed by atoms with Crippen molar-refractivity contribution >= 4 is 17.8 Å². The SMILES string of the molecule is CC(=O)NC(Cc1ccc(C(=O)OC(C)(C)C)cc1)C(=O)O. The number of nitrogens with one attached hydrogen (secondary N) is 1. The molecule has 0 aromatic heterocycles. The summed E-state index contributed by atoms with van der Waals surface area (Å²) in [4.78, 5) is 33.9. The van der Waals surface area contributed by atoms with Gasteiger partial charge in [0.15, 0.2) is 0 Å². The van der Waals surface area contributed by atoms with Gasteiger partial charge in [-0.1, -0.05) is 12.1 Å². The van der Waals surface area contributed by atoms with Crippen LogP contribution in [-0.4, -0.2) is 34.6 Å². The highest BCUT2D eigenvalue weighted by Gasteiger charge is 2.20. The highest BCUT2D eigenvalue weighted by Crippen LogP contribution is 2.13. The van der Waals surface area contributed by atoms with Crippen LogP contribution in [0, 0.1) is 0 Å². The number of carboxylic acids is 1. The first-order valence-electron chi connectivity index (χ1n) is 6.90. The fourth-order valence-corrected chi connectivity index (χ4v) is 1.80. The predicted octanol–water partition coefficient (Wildman–Crippen LogP) is 1.77. The average molecular weight is 307 g/mol. The van der Waals surface area contributed by atoms with Gasteiger partial charge in [-0.3, -0.25) is 4.79 Å². The minimum absolute atomic E-state index is 0.142. The maximum atomic E-state index is 11.9. The number of esters is 1. The lowest BCUT2D eigenvalue weighted by atomic mass is 10.0. The molecule has 0 heterocycles. The Morgan fingerprint density at radius 3 is 2.14 bits per heavy atom. The number of hydrogen-bond acceptors (Lipinski definition) is 4. The van der Waals surface area contributed by atoms with E-state index in [9.17, 15) is 14.4 Å². The maximum Gasteiger partial charge on any atom is 0.338 e. The lowest BCUT2D eigenvalue weighted by Gasteiger charge is -2.19. The van der Waals surface area contributed by atoms with E-state index in [0.29, 0.717) is 11.1 Å². The van der Waals surface area contributed by atoms with E-state index in [1.165, 1.54) is 6.92 Å². The second-order valence-corrected chi connectivity index (χ2v) is 5.99. The fourth-order valence-electron chi connectivity index (χ4n) is 1.80. The zero-order valence-electron chi connectivity index (χ0n) is 13.2. The van der Waals surface area contributed by atoms with Crippen LogP contribution in [0.4, 0.5) is 0 Å². The monoisotopic (exact) mass is 307 g/mol. The van der Waals surface area contributed by atoms with Gasteiger partial charge >= 0.3 is 11.9 Å². The van der Waals surface area contributed by atoms with E-state index < -0.39 is 29.5 Å². The van der Waals surface area contributed by atoms with Gasteiger partial charge in [-0.2, -0.15) is 0 Å². The van der Waals surface area contributed by atoms with Gasteiger partial charge in [0, 0.05) is 13.3 Å². The van der Waals surface area contributed by atoms with Crippen LogP contribution >= 0.6 is 0 Å².